The van der Waals surface area contributed by atoms with Gasteiger partial charge >= 0.3 is 0 Å². The van der Waals surface area contributed by atoms with Crippen LogP contribution < -0.4 is 5.73 Å². The van der Waals surface area contributed by atoms with Crippen molar-refractivity contribution in [1.29, 1.82) is 0 Å². The summed E-state index contributed by atoms with van der Waals surface area (Å²) >= 11 is 4.88. The van der Waals surface area contributed by atoms with Gasteiger partial charge in [-0.3, -0.25) is 4.90 Å². The molecule has 0 amide bonds. The van der Waals surface area contributed by atoms with Gasteiger partial charge in [-0.15, -0.1) is 0 Å². The average Bonchev–Trinajstić information content (AvgIpc) is 2.27. The van der Waals surface area contributed by atoms with E-state index in [1.807, 2.05) is 4.90 Å². The standard InChI is InChI=1S/C12H14F2N2OS/c13-9-3-8(4-10(14)5-9)6-16-1-2-17-11(7-16)12(15)18/h3-5,11H,1-2,6-7H2,(H2,15,18). The Labute approximate surface area is 110 Å². The second-order valence-corrected chi connectivity index (χ2v) is 4.75. The molecule has 1 aliphatic heterocycles. The first-order valence-corrected chi connectivity index (χ1v) is 6.03. The Morgan fingerprint density at radius 2 is 2.06 bits per heavy atom. The summed E-state index contributed by atoms with van der Waals surface area (Å²) in [5.74, 6) is -1.13. The molecule has 0 bridgehead atoms. The van der Waals surface area contributed by atoms with Gasteiger partial charge in [0.05, 0.1) is 6.61 Å². The SMILES string of the molecule is NC(=S)C1CN(Cc2cc(F)cc(F)c2)CCO1. The molecular formula is C12H14F2N2OS. The van der Waals surface area contributed by atoms with Crippen LogP contribution in [0.25, 0.3) is 0 Å². The van der Waals surface area contributed by atoms with Crippen molar-refractivity contribution in [2.45, 2.75) is 12.6 Å². The van der Waals surface area contributed by atoms with Crippen LogP contribution in [-0.2, 0) is 11.3 Å². The summed E-state index contributed by atoms with van der Waals surface area (Å²) in [5.41, 5.74) is 6.12. The van der Waals surface area contributed by atoms with Crippen LogP contribution in [0.2, 0.25) is 0 Å². The van der Waals surface area contributed by atoms with Crippen LogP contribution in [0.1, 0.15) is 5.56 Å². The smallest absolute Gasteiger partial charge is 0.126 e. The highest BCUT2D eigenvalue weighted by molar-refractivity contribution is 7.80. The van der Waals surface area contributed by atoms with E-state index in [2.05, 4.69) is 0 Å². The maximum atomic E-state index is 13.1. The Morgan fingerprint density at radius 1 is 1.39 bits per heavy atom. The van der Waals surface area contributed by atoms with E-state index in [4.69, 9.17) is 22.7 Å². The van der Waals surface area contributed by atoms with Crippen molar-refractivity contribution in [2.24, 2.45) is 5.73 Å². The monoisotopic (exact) mass is 272 g/mol. The normalized spacial score (nSPS) is 20.9. The molecule has 1 unspecified atom stereocenters. The molecule has 0 aliphatic carbocycles. The molecule has 2 N–H and O–H groups in total. The van der Waals surface area contributed by atoms with Gasteiger partial charge in [0, 0.05) is 25.7 Å². The van der Waals surface area contributed by atoms with Gasteiger partial charge in [-0.2, -0.15) is 0 Å². The zero-order valence-electron chi connectivity index (χ0n) is 9.73. The summed E-state index contributed by atoms with van der Waals surface area (Å²) in [6, 6.07) is 3.52. The molecule has 0 radical (unpaired) electrons. The van der Waals surface area contributed by atoms with Gasteiger partial charge in [0.15, 0.2) is 0 Å². The van der Waals surface area contributed by atoms with E-state index in [0.29, 0.717) is 36.8 Å². The Hall–Kier alpha value is -1.11. The summed E-state index contributed by atoms with van der Waals surface area (Å²) in [7, 11) is 0. The van der Waals surface area contributed by atoms with Crippen molar-refractivity contribution in [2.75, 3.05) is 19.7 Å². The van der Waals surface area contributed by atoms with Crippen LogP contribution in [0.4, 0.5) is 8.78 Å². The predicted molar refractivity (Wildman–Crippen MR) is 68.2 cm³/mol. The molecule has 0 saturated carbocycles. The molecule has 18 heavy (non-hydrogen) atoms. The quantitative estimate of drug-likeness (QED) is 0.845. The Balaban J connectivity index is 2.02. The third-order valence-electron chi connectivity index (χ3n) is 2.80. The van der Waals surface area contributed by atoms with Crippen LogP contribution in [0.3, 0.4) is 0 Å². The first-order chi connectivity index (χ1) is 8.54. The van der Waals surface area contributed by atoms with Crippen LogP contribution in [0, 0.1) is 11.6 Å². The van der Waals surface area contributed by atoms with Crippen molar-refractivity contribution in [3.8, 4) is 0 Å². The molecule has 6 heteroatoms. The zero-order valence-corrected chi connectivity index (χ0v) is 10.6. The lowest BCUT2D eigenvalue weighted by Gasteiger charge is -2.32. The zero-order chi connectivity index (χ0) is 13.1. The minimum atomic E-state index is -0.566. The summed E-state index contributed by atoms with van der Waals surface area (Å²) in [4.78, 5) is 2.33. The Kier molecular flexibility index (Phi) is 4.21. The number of rotatable bonds is 3. The van der Waals surface area contributed by atoms with Crippen molar-refractivity contribution < 1.29 is 13.5 Å². The Morgan fingerprint density at radius 3 is 2.67 bits per heavy atom. The van der Waals surface area contributed by atoms with Gasteiger partial charge in [0.1, 0.15) is 22.7 Å². The van der Waals surface area contributed by atoms with E-state index in [0.717, 1.165) is 6.07 Å². The summed E-state index contributed by atoms with van der Waals surface area (Å²) in [6.07, 6.45) is -0.285. The topological polar surface area (TPSA) is 38.5 Å². The van der Waals surface area contributed by atoms with Gasteiger partial charge in [-0.05, 0) is 17.7 Å². The van der Waals surface area contributed by atoms with Crippen molar-refractivity contribution in [3.63, 3.8) is 0 Å². The summed E-state index contributed by atoms with van der Waals surface area (Å²) in [5, 5.41) is 0. The van der Waals surface area contributed by atoms with E-state index >= 15 is 0 Å². The number of morpholine rings is 1. The molecule has 0 aromatic heterocycles. The van der Waals surface area contributed by atoms with Crippen molar-refractivity contribution >= 4 is 17.2 Å². The third-order valence-corrected chi connectivity index (χ3v) is 3.06. The largest absolute Gasteiger partial charge is 0.391 e. The highest BCUT2D eigenvalue weighted by atomic mass is 32.1. The number of nitrogens with zero attached hydrogens (tertiary/aromatic N) is 1. The summed E-state index contributed by atoms with van der Waals surface area (Å²) < 4.78 is 31.5. The molecule has 1 heterocycles. The number of halogens is 2. The van der Waals surface area contributed by atoms with E-state index in [9.17, 15) is 8.78 Å². The fourth-order valence-corrected chi connectivity index (χ4v) is 2.12. The minimum absolute atomic E-state index is 0.285. The number of hydrogen-bond donors (Lipinski definition) is 1. The number of ether oxygens (including phenoxy) is 1. The maximum Gasteiger partial charge on any atom is 0.126 e. The minimum Gasteiger partial charge on any atom is -0.391 e. The van der Waals surface area contributed by atoms with Crippen LogP contribution in [0.15, 0.2) is 18.2 Å². The van der Waals surface area contributed by atoms with E-state index < -0.39 is 11.6 Å². The van der Waals surface area contributed by atoms with Gasteiger partial charge in [0.2, 0.25) is 0 Å². The number of hydrogen-bond acceptors (Lipinski definition) is 3. The molecule has 1 saturated heterocycles. The molecule has 1 aromatic carbocycles. The van der Waals surface area contributed by atoms with Gasteiger partial charge < -0.3 is 10.5 Å². The fraction of sp³-hybridized carbons (Fsp3) is 0.417. The van der Waals surface area contributed by atoms with E-state index in [1.54, 1.807) is 0 Å². The average molecular weight is 272 g/mol. The molecule has 1 aliphatic rings. The molecule has 2 rings (SSSR count). The van der Waals surface area contributed by atoms with E-state index in [-0.39, 0.29) is 6.10 Å². The van der Waals surface area contributed by atoms with Gasteiger partial charge in [0.25, 0.3) is 0 Å². The summed E-state index contributed by atoms with van der Waals surface area (Å²) in [6.45, 7) is 2.21. The predicted octanol–water partition coefficient (Wildman–Crippen LogP) is 1.45. The molecule has 1 atom stereocenters. The number of nitrogens with two attached hydrogens (primary N) is 1. The number of thiocarbonyl (C=S) groups is 1. The van der Waals surface area contributed by atoms with Crippen molar-refractivity contribution in [3.05, 3.63) is 35.4 Å². The molecule has 98 valence electrons. The van der Waals surface area contributed by atoms with Crippen LogP contribution >= 0.6 is 12.2 Å². The van der Waals surface area contributed by atoms with E-state index in [1.165, 1.54) is 12.1 Å². The van der Waals surface area contributed by atoms with Gasteiger partial charge in [-0.1, -0.05) is 12.2 Å². The highest BCUT2D eigenvalue weighted by Gasteiger charge is 2.22. The third kappa shape index (κ3) is 3.44. The number of benzene rings is 1. The molecular weight excluding hydrogens is 258 g/mol. The molecule has 1 aromatic rings. The first kappa shape index (κ1) is 13.3. The van der Waals surface area contributed by atoms with Crippen molar-refractivity contribution in [1.82, 2.24) is 4.90 Å². The second kappa shape index (κ2) is 5.69. The lowest BCUT2D eigenvalue weighted by atomic mass is 10.1. The lowest BCUT2D eigenvalue weighted by molar-refractivity contribution is 0.00386. The van der Waals surface area contributed by atoms with Gasteiger partial charge in [-0.25, -0.2) is 8.78 Å². The lowest BCUT2D eigenvalue weighted by Crippen LogP contribution is -2.47. The highest BCUT2D eigenvalue weighted by Crippen LogP contribution is 2.13. The van der Waals surface area contributed by atoms with Crippen LogP contribution in [-0.4, -0.2) is 35.7 Å². The maximum absolute atomic E-state index is 13.1. The molecule has 0 spiro atoms. The second-order valence-electron chi connectivity index (χ2n) is 4.27. The van der Waals surface area contributed by atoms with Crippen LogP contribution in [0.5, 0.6) is 0 Å². The first-order valence-electron chi connectivity index (χ1n) is 5.63. The fourth-order valence-electron chi connectivity index (χ4n) is 1.98. The molecule has 3 nitrogen and oxygen atoms in total. The Bertz CT molecular complexity index is 435. The molecule has 1 fully saturated rings.